The normalized spacial score (nSPS) is 12.6. The minimum Gasteiger partial charge on any atom is -0.475 e. The van der Waals surface area contributed by atoms with Crippen molar-refractivity contribution in [2.24, 2.45) is 5.73 Å². The molecule has 0 aliphatic heterocycles. The molecule has 22 heavy (non-hydrogen) atoms. The highest BCUT2D eigenvalue weighted by molar-refractivity contribution is 6.31. The molecule has 6 nitrogen and oxygen atoms in total. The SMILES string of the molecule is COC[C@@H](N)c1nc2cc(Cl)ccc2[nH]1.O=C(O)C(F)(F)F. The van der Waals surface area contributed by atoms with E-state index in [9.17, 15) is 13.2 Å². The molecule has 122 valence electrons. The highest BCUT2D eigenvalue weighted by Gasteiger charge is 2.38. The van der Waals surface area contributed by atoms with Gasteiger partial charge in [-0.25, -0.2) is 9.78 Å². The average molecular weight is 340 g/mol. The molecule has 0 unspecified atom stereocenters. The Labute approximate surface area is 128 Å². The number of rotatable bonds is 3. The summed E-state index contributed by atoms with van der Waals surface area (Å²) in [5.74, 6) is -2.04. The highest BCUT2D eigenvalue weighted by Crippen LogP contribution is 2.19. The zero-order valence-electron chi connectivity index (χ0n) is 11.3. The molecular weight excluding hydrogens is 327 g/mol. The number of hydrogen-bond acceptors (Lipinski definition) is 4. The van der Waals surface area contributed by atoms with Crippen LogP contribution in [0.15, 0.2) is 18.2 Å². The van der Waals surface area contributed by atoms with Crippen molar-refractivity contribution in [3.05, 3.63) is 29.0 Å². The summed E-state index contributed by atoms with van der Waals surface area (Å²) >= 11 is 5.86. The molecule has 1 atom stereocenters. The first-order valence-corrected chi connectivity index (χ1v) is 6.22. The number of aliphatic carboxylic acids is 1. The van der Waals surface area contributed by atoms with Gasteiger partial charge in [-0.2, -0.15) is 13.2 Å². The second kappa shape index (κ2) is 7.43. The monoisotopic (exact) mass is 339 g/mol. The molecule has 0 fully saturated rings. The quantitative estimate of drug-likeness (QED) is 0.797. The predicted molar refractivity (Wildman–Crippen MR) is 73.6 cm³/mol. The Hall–Kier alpha value is -1.84. The second-order valence-electron chi connectivity index (χ2n) is 4.15. The summed E-state index contributed by atoms with van der Waals surface area (Å²) in [5, 5.41) is 7.79. The lowest BCUT2D eigenvalue weighted by molar-refractivity contribution is -0.192. The van der Waals surface area contributed by atoms with Crippen LogP contribution in [0.2, 0.25) is 5.02 Å². The number of carbonyl (C=O) groups is 1. The lowest BCUT2D eigenvalue weighted by Gasteiger charge is -2.05. The van der Waals surface area contributed by atoms with Crippen molar-refractivity contribution in [2.75, 3.05) is 13.7 Å². The summed E-state index contributed by atoms with van der Waals surface area (Å²) in [6, 6.07) is 5.26. The Kier molecular flexibility index (Phi) is 6.15. The van der Waals surface area contributed by atoms with Crippen LogP contribution >= 0.6 is 11.6 Å². The van der Waals surface area contributed by atoms with Crippen LogP contribution in [0.4, 0.5) is 13.2 Å². The van der Waals surface area contributed by atoms with Crippen molar-refractivity contribution in [2.45, 2.75) is 12.2 Å². The number of nitrogens with one attached hydrogen (secondary N) is 1. The molecule has 10 heteroatoms. The van der Waals surface area contributed by atoms with Gasteiger partial charge in [-0.1, -0.05) is 11.6 Å². The fraction of sp³-hybridized carbons (Fsp3) is 0.333. The smallest absolute Gasteiger partial charge is 0.475 e. The number of nitrogens with zero attached hydrogens (tertiary/aromatic N) is 1. The molecule has 0 aliphatic carbocycles. The number of aromatic amines is 1. The van der Waals surface area contributed by atoms with E-state index in [2.05, 4.69) is 9.97 Å². The fourth-order valence-electron chi connectivity index (χ4n) is 1.43. The van der Waals surface area contributed by atoms with Gasteiger partial charge in [0.25, 0.3) is 0 Å². The molecular formula is C12H13ClF3N3O3. The van der Waals surface area contributed by atoms with E-state index in [4.69, 9.17) is 32.0 Å². The minimum atomic E-state index is -5.08. The van der Waals surface area contributed by atoms with Crippen LogP contribution in [0.25, 0.3) is 11.0 Å². The predicted octanol–water partition coefficient (Wildman–Crippen LogP) is 2.50. The molecule has 0 bridgehead atoms. The van der Waals surface area contributed by atoms with E-state index >= 15 is 0 Å². The maximum absolute atomic E-state index is 10.6. The summed E-state index contributed by atoms with van der Waals surface area (Å²) < 4.78 is 36.7. The van der Waals surface area contributed by atoms with Crippen LogP contribution in [-0.4, -0.2) is 40.9 Å². The third-order valence-electron chi connectivity index (χ3n) is 2.40. The van der Waals surface area contributed by atoms with Gasteiger partial charge in [-0.15, -0.1) is 0 Å². The van der Waals surface area contributed by atoms with E-state index < -0.39 is 12.1 Å². The number of carboxylic acid groups (broad SMARTS) is 1. The van der Waals surface area contributed by atoms with Crippen LogP contribution in [0.1, 0.15) is 11.9 Å². The number of nitrogens with two attached hydrogens (primary N) is 1. The molecule has 0 saturated carbocycles. The van der Waals surface area contributed by atoms with Gasteiger partial charge in [0.05, 0.1) is 23.7 Å². The van der Waals surface area contributed by atoms with E-state index in [-0.39, 0.29) is 6.04 Å². The molecule has 0 radical (unpaired) electrons. The van der Waals surface area contributed by atoms with Crippen molar-refractivity contribution in [3.8, 4) is 0 Å². The molecule has 1 aromatic heterocycles. The van der Waals surface area contributed by atoms with Crippen LogP contribution in [-0.2, 0) is 9.53 Å². The van der Waals surface area contributed by atoms with Crippen molar-refractivity contribution in [1.29, 1.82) is 0 Å². The van der Waals surface area contributed by atoms with Crippen LogP contribution < -0.4 is 5.73 Å². The summed E-state index contributed by atoms with van der Waals surface area (Å²) in [6.07, 6.45) is -5.08. The summed E-state index contributed by atoms with van der Waals surface area (Å²) in [6.45, 7) is 0.438. The van der Waals surface area contributed by atoms with Crippen molar-refractivity contribution < 1.29 is 27.8 Å². The molecule has 4 N–H and O–H groups in total. The lowest BCUT2D eigenvalue weighted by atomic mass is 10.3. The molecule has 2 aromatic rings. The van der Waals surface area contributed by atoms with Gasteiger partial charge in [-0.05, 0) is 18.2 Å². The maximum atomic E-state index is 10.6. The van der Waals surface area contributed by atoms with E-state index in [0.717, 1.165) is 11.0 Å². The Bertz CT molecular complexity index is 645. The van der Waals surface area contributed by atoms with Gasteiger partial charge < -0.3 is 20.6 Å². The van der Waals surface area contributed by atoms with Crippen molar-refractivity contribution in [3.63, 3.8) is 0 Å². The third kappa shape index (κ3) is 5.17. The zero-order valence-corrected chi connectivity index (χ0v) is 12.1. The largest absolute Gasteiger partial charge is 0.490 e. The van der Waals surface area contributed by atoms with E-state index in [1.54, 1.807) is 13.2 Å². The molecule has 0 spiro atoms. The number of ether oxygens (including phenoxy) is 1. The van der Waals surface area contributed by atoms with E-state index in [0.29, 0.717) is 17.5 Å². The highest BCUT2D eigenvalue weighted by atomic mass is 35.5. The standard InChI is InChI=1S/C10H12ClN3O.C2HF3O2/c1-15-5-7(12)10-13-8-3-2-6(11)4-9(8)14-10;3-2(4,5)1(6)7/h2-4,7H,5,12H2,1H3,(H,13,14);(H,6,7)/t7-;/m1./s1. The molecule has 0 aliphatic rings. The van der Waals surface area contributed by atoms with Gasteiger partial charge in [-0.3, -0.25) is 0 Å². The number of carboxylic acids is 1. The summed E-state index contributed by atoms with van der Waals surface area (Å²) in [5.41, 5.74) is 7.61. The number of hydrogen-bond donors (Lipinski definition) is 3. The topological polar surface area (TPSA) is 101 Å². The number of halogens is 4. The number of alkyl halides is 3. The number of methoxy groups -OCH3 is 1. The first-order valence-electron chi connectivity index (χ1n) is 5.85. The van der Waals surface area contributed by atoms with Crippen molar-refractivity contribution in [1.82, 2.24) is 9.97 Å². The first kappa shape index (κ1) is 18.2. The van der Waals surface area contributed by atoms with E-state index in [1.807, 2.05) is 12.1 Å². The molecule has 0 saturated heterocycles. The minimum absolute atomic E-state index is 0.235. The van der Waals surface area contributed by atoms with Gasteiger partial charge in [0, 0.05) is 12.1 Å². The van der Waals surface area contributed by atoms with Gasteiger partial charge in [0.1, 0.15) is 5.82 Å². The molecule has 1 aromatic carbocycles. The maximum Gasteiger partial charge on any atom is 0.490 e. The summed E-state index contributed by atoms with van der Waals surface area (Å²) in [7, 11) is 1.61. The molecule has 0 amide bonds. The van der Waals surface area contributed by atoms with E-state index in [1.165, 1.54) is 0 Å². The number of aromatic nitrogens is 2. The van der Waals surface area contributed by atoms with Crippen molar-refractivity contribution >= 4 is 28.6 Å². The first-order chi connectivity index (χ1) is 10.1. The number of imidazole rings is 1. The average Bonchev–Trinajstić information content (AvgIpc) is 2.81. The Morgan fingerprint density at radius 1 is 1.55 bits per heavy atom. The fourth-order valence-corrected chi connectivity index (χ4v) is 1.60. The number of fused-ring (bicyclic) bond motifs is 1. The second-order valence-corrected chi connectivity index (χ2v) is 4.58. The van der Waals surface area contributed by atoms with Crippen LogP contribution in [0, 0.1) is 0 Å². The molecule has 2 rings (SSSR count). The Balaban J connectivity index is 0.000000295. The molecule has 1 heterocycles. The van der Waals surface area contributed by atoms with Gasteiger partial charge >= 0.3 is 12.1 Å². The summed E-state index contributed by atoms with van der Waals surface area (Å²) in [4.78, 5) is 16.4. The third-order valence-corrected chi connectivity index (χ3v) is 2.64. The zero-order chi connectivity index (χ0) is 16.9. The van der Waals surface area contributed by atoms with Crippen LogP contribution in [0.3, 0.4) is 0 Å². The van der Waals surface area contributed by atoms with Crippen LogP contribution in [0.5, 0.6) is 0 Å². The lowest BCUT2D eigenvalue weighted by Crippen LogP contribution is -2.21. The Morgan fingerprint density at radius 3 is 2.64 bits per heavy atom. The number of benzene rings is 1. The van der Waals surface area contributed by atoms with Gasteiger partial charge in [0.15, 0.2) is 0 Å². The Morgan fingerprint density at radius 2 is 2.14 bits per heavy atom. The number of H-pyrrole nitrogens is 1. The van der Waals surface area contributed by atoms with Gasteiger partial charge in [0.2, 0.25) is 0 Å².